The number of likely N-dealkylation sites (tertiary alicyclic amines) is 1. The predicted octanol–water partition coefficient (Wildman–Crippen LogP) is 6.23. The Morgan fingerprint density at radius 3 is 2.36 bits per heavy atom. The van der Waals surface area contributed by atoms with Gasteiger partial charge >= 0.3 is 5.97 Å². The van der Waals surface area contributed by atoms with E-state index in [4.69, 9.17) is 0 Å². The van der Waals surface area contributed by atoms with Crippen LogP contribution in [0.3, 0.4) is 0 Å². The second-order valence-electron chi connectivity index (χ2n) is 9.96. The monoisotopic (exact) mass is 525 g/mol. The number of nitrogens with zero attached hydrogens (tertiary/aromatic N) is 1. The standard InChI is InChI=1S/C29H35NO4S2/c1-20(18-36-29(34)24-10-6-3-7-11-24)27(31)30-17-25(16-26(30)28(32)33)35-19-21-12-14-23(15-13-21)22-8-4-2-5-9-22/h3,6-7,10-15,20,22,25-26H,2,4-5,8-9,16-19H2,1H3,(H,32,33). The van der Waals surface area contributed by atoms with Crippen LogP contribution in [0.25, 0.3) is 0 Å². The molecule has 1 aliphatic heterocycles. The van der Waals surface area contributed by atoms with Crippen LogP contribution in [0, 0.1) is 5.92 Å². The van der Waals surface area contributed by atoms with E-state index in [-0.39, 0.29) is 16.3 Å². The number of hydrogen-bond acceptors (Lipinski definition) is 5. The average Bonchev–Trinajstić information content (AvgIpc) is 3.36. The Kier molecular flexibility index (Phi) is 9.54. The lowest BCUT2D eigenvalue weighted by atomic mass is 9.84. The molecule has 0 spiro atoms. The molecule has 2 fully saturated rings. The van der Waals surface area contributed by atoms with Gasteiger partial charge in [-0.05, 0) is 36.3 Å². The predicted molar refractivity (Wildman–Crippen MR) is 147 cm³/mol. The molecule has 1 saturated heterocycles. The summed E-state index contributed by atoms with van der Waals surface area (Å²) >= 11 is 2.85. The van der Waals surface area contributed by atoms with Crippen LogP contribution in [0.15, 0.2) is 54.6 Å². The molecule has 4 rings (SSSR count). The van der Waals surface area contributed by atoms with Gasteiger partial charge in [-0.3, -0.25) is 9.59 Å². The summed E-state index contributed by atoms with van der Waals surface area (Å²) in [6.07, 6.45) is 7.03. The molecule has 0 radical (unpaired) electrons. The summed E-state index contributed by atoms with van der Waals surface area (Å²) in [4.78, 5) is 39.0. The third kappa shape index (κ3) is 6.94. The van der Waals surface area contributed by atoms with Crippen LogP contribution in [0.2, 0.25) is 0 Å². The fraction of sp³-hybridized carbons (Fsp3) is 0.483. The number of hydrogen-bond donors (Lipinski definition) is 1. The highest BCUT2D eigenvalue weighted by Crippen LogP contribution is 2.34. The number of carbonyl (C=O) groups is 3. The van der Waals surface area contributed by atoms with Crippen LogP contribution in [0.4, 0.5) is 0 Å². The number of carboxylic acid groups (broad SMARTS) is 1. The second kappa shape index (κ2) is 12.8. The van der Waals surface area contributed by atoms with Gasteiger partial charge < -0.3 is 10.0 Å². The van der Waals surface area contributed by atoms with Gasteiger partial charge in [0.25, 0.3) is 0 Å². The molecule has 2 aromatic rings. The van der Waals surface area contributed by atoms with Crippen molar-refractivity contribution in [3.8, 4) is 0 Å². The molecule has 7 heteroatoms. The van der Waals surface area contributed by atoms with Crippen molar-refractivity contribution in [1.82, 2.24) is 4.90 Å². The van der Waals surface area contributed by atoms with E-state index in [0.29, 0.717) is 30.2 Å². The van der Waals surface area contributed by atoms with E-state index in [1.807, 2.05) is 18.2 Å². The topological polar surface area (TPSA) is 74.7 Å². The molecule has 2 aromatic carbocycles. The van der Waals surface area contributed by atoms with Gasteiger partial charge in [0.2, 0.25) is 11.0 Å². The Morgan fingerprint density at radius 1 is 1.00 bits per heavy atom. The van der Waals surface area contributed by atoms with Crippen molar-refractivity contribution < 1.29 is 19.5 Å². The third-order valence-corrected chi connectivity index (χ3v) is 9.75. The van der Waals surface area contributed by atoms with E-state index in [0.717, 1.165) is 17.5 Å². The summed E-state index contributed by atoms with van der Waals surface area (Å²) in [6.45, 7) is 2.21. The van der Waals surface area contributed by atoms with Crippen LogP contribution in [-0.2, 0) is 15.3 Å². The maximum atomic E-state index is 13.1. The van der Waals surface area contributed by atoms with E-state index < -0.39 is 17.9 Å². The van der Waals surface area contributed by atoms with Gasteiger partial charge in [-0.25, -0.2) is 4.79 Å². The molecule has 1 N–H and O–H groups in total. The molecule has 3 atom stereocenters. The fourth-order valence-corrected chi connectivity index (χ4v) is 7.20. The lowest BCUT2D eigenvalue weighted by Crippen LogP contribution is -2.43. The Hall–Kier alpha value is -2.25. The summed E-state index contributed by atoms with van der Waals surface area (Å²) in [5.41, 5.74) is 3.28. The molecule has 1 amide bonds. The summed E-state index contributed by atoms with van der Waals surface area (Å²) in [5.74, 6) is 0.260. The van der Waals surface area contributed by atoms with Gasteiger partial charge in [0.15, 0.2) is 0 Å². The molecule has 0 bridgehead atoms. The molecule has 192 valence electrons. The van der Waals surface area contributed by atoms with Crippen LogP contribution in [0.5, 0.6) is 0 Å². The third-order valence-electron chi connectivity index (χ3n) is 7.27. The highest BCUT2D eigenvalue weighted by atomic mass is 32.2. The number of thioether (sulfide) groups is 2. The number of carbonyl (C=O) groups excluding carboxylic acids is 2. The van der Waals surface area contributed by atoms with E-state index in [2.05, 4.69) is 24.3 Å². The number of amides is 1. The van der Waals surface area contributed by atoms with Crippen LogP contribution in [-0.4, -0.2) is 50.6 Å². The van der Waals surface area contributed by atoms with E-state index in [9.17, 15) is 19.5 Å². The number of carboxylic acids is 1. The summed E-state index contributed by atoms with van der Waals surface area (Å²) in [7, 11) is 0. The quantitative estimate of drug-likeness (QED) is 0.418. The first kappa shape index (κ1) is 26.8. The van der Waals surface area contributed by atoms with Crippen molar-refractivity contribution in [1.29, 1.82) is 0 Å². The maximum absolute atomic E-state index is 13.1. The molecule has 5 nitrogen and oxygen atoms in total. The molecule has 2 aliphatic rings. The van der Waals surface area contributed by atoms with E-state index in [1.165, 1.54) is 48.1 Å². The first-order valence-electron chi connectivity index (χ1n) is 12.9. The van der Waals surface area contributed by atoms with Crippen LogP contribution >= 0.6 is 23.5 Å². The van der Waals surface area contributed by atoms with Crippen molar-refractivity contribution in [3.63, 3.8) is 0 Å². The Balaban J connectivity index is 1.29. The molecular weight excluding hydrogens is 490 g/mol. The number of aliphatic carboxylic acids is 1. The lowest BCUT2D eigenvalue weighted by Gasteiger charge is -2.24. The van der Waals surface area contributed by atoms with E-state index in [1.54, 1.807) is 30.8 Å². The zero-order valence-electron chi connectivity index (χ0n) is 20.8. The Morgan fingerprint density at radius 2 is 1.69 bits per heavy atom. The highest BCUT2D eigenvalue weighted by molar-refractivity contribution is 8.14. The normalized spacial score (nSPS) is 21.3. The van der Waals surface area contributed by atoms with Gasteiger partial charge in [0, 0.05) is 34.8 Å². The van der Waals surface area contributed by atoms with Crippen molar-refractivity contribution in [2.45, 2.75) is 68.4 Å². The minimum Gasteiger partial charge on any atom is -0.480 e. The van der Waals surface area contributed by atoms with Gasteiger partial charge in [-0.2, -0.15) is 11.8 Å². The first-order chi connectivity index (χ1) is 17.4. The van der Waals surface area contributed by atoms with E-state index >= 15 is 0 Å². The van der Waals surface area contributed by atoms with Crippen molar-refractivity contribution in [3.05, 3.63) is 71.3 Å². The van der Waals surface area contributed by atoms with Gasteiger partial charge in [0.1, 0.15) is 6.04 Å². The van der Waals surface area contributed by atoms with Crippen molar-refractivity contribution >= 4 is 40.5 Å². The lowest BCUT2D eigenvalue weighted by molar-refractivity contribution is -0.149. The van der Waals surface area contributed by atoms with Gasteiger partial charge in [0.05, 0.1) is 0 Å². The van der Waals surface area contributed by atoms with Gasteiger partial charge in [-0.1, -0.05) is 92.5 Å². The highest BCUT2D eigenvalue weighted by Gasteiger charge is 2.41. The largest absolute Gasteiger partial charge is 0.480 e. The Labute approximate surface area is 222 Å². The van der Waals surface area contributed by atoms with Gasteiger partial charge in [-0.15, -0.1) is 0 Å². The van der Waals surface area contributed by atoms with Crippen LogP contribution in [0.1, 0.15) is 72.9 Å². The fourth-order valence-electron chi connectivity index (χ4n) is 5.14. The second-order valence-corrected chi connectivity index (χ2v) is 12.2. The van der Waals surface area contributed by atoms with Crippen molar-refractivity contribution in [2.75, 3.05) is 12.3 Å². The molecule has 0 aromatic heterocycles. The Bertz CT molecular complexity index is 1040. The molecule has 1 heterocycles. The average molecular weight is 526 g/mol. The zero-order chi connectivity index (χ0) is 25.5. The smallest absolute Gasteiger partial charge is 0.326 e. The molecule has 36 heavy (non-hydrogen) atoms. The number of rotatable bonds is 9. The first-order valence-corrected chi connectivity index (χ1v) is 14.9. The number of benzene rings is 2. The summed E-state index contributed by atoms with van der Waals surface area (Å²) in [5, 5.41) is 9.78. The van der Waals surface area contributed by atoms with Crippen molar-refractivity contribution in [2.24, 2.45) is 5.92 Å². The molecule has 3 unspecified atom stereocenters. The molecule has 1 aliphatic carbocycles. The minimum atomic E-state index is -0.955. The summed E-state index contributed by atoms with van der Waals surface area (Å²) in [6, 6.07) is 17.1. The van der Waals surface area contributed by atoms with Crippen LogP contribution < -0.4 is 0 Å². The minimum absolute atomic E-state index is 0.0746. The summed E-state index contributed by atoms with van der Waals surface area (Å²) < 4.78 is 0. The SMILES string of the molecule is CC(CSC(=O)c1ccccc1)C(=O)N1CC(SCc2ccc(C3CCCCC3)cc2)CC1C(=O)O. The zero-order valence-corrected chi connectivity index (χ0v) is 22.4. The molecule has 1 saturated carbocycles. The molecular formula is C29H35NO4S2. The maximum Gasteiger partial charge on any atom is 0.326 e.